The van der Waals surface area contributed by atoms with E-state index in [2.05, 4.69) is 17.0 Å². The molecule has 1 N–H and O–H groups in total. The fourth-order valence-corrected chi connectivity index (χ4v) is 1.89. The van der Waals surface area contributed by atoms with E-state index in [-0.39, 0.29) is 5.97 Å². The van der Waals surface area contributed by atoms with Crippen LogP contribution >= 0.6 is 11.3 Å². The molecular weight excluding hydrogens is 198 g/mol. The first-order chi connectivity index (χ1) is 6.79. The Bertz CT molecular complexity index is 296. The molecule has 14 heavy (non-hydrogen) atoms. The maximum Gasteiger partial charge on any atom is 0.350 e. The Hall–Kier alpha value is -1.03. The summed E-state index contributed by atoms with van der Waals surface area (Å²) in [4.78, 5) is 11.9. The maximum atomic E-state index is 11.3. The molecular formula is C10H15NO2S. The van der Waals surface area contributed by atoms with Crippen LogP contribution in [0, 0.1) is 0 Å². The molecule has 1 aromatic rings. The van der Waals surface area contributed by atoms with Gasteiger partial charge in [0.15, 0.2) is 0 Å². The first-order valence-electron chi connectivity index (χ1n) is 4.69. The summed E-state index contributed by atoms with van der Waals surface area (Å²) in [5.41, 5.74) is 0.885. The van der Waals surface area contributed by atoms with Crippen LogP contribution in [0.3, 0.4) is 0 Å². The van der Waals surface area contributed by atoms with E-state index < -0.39 is 0 Å². The molecule has 78 valence electrons. The van der Waals surface area contributed by atoms with E-state index in [9.17, 15) is 4.79 Å². The summed E-state index contributed by atoms with van der Waals surface area (Å²) in [6.45, 7) is 3.04. The van der Waals surface area contributed by atoms with Crippen molar-refractivity contribution in [2.75, 3.05) is 19.0 Å². The smallest absolute Gasteiger partial charge is 0.350 e. The minimum absolute atomic E-state index is 0.265. The summed E-state index contributed by atoms with van der Waals surface area (Å²) in [6.07, 6.45) is 2.25. The minimum atomic E-state index is -0.265. The Morgan fingerprint density at radius 3 is 3.07 bits per heavy atom. The van der Waals surface area contributed by atoms with Gasteiger partial charge < -0.3 is 10.1 Å². The van der Waals surface area contributed by atoms with Crippen LogP contribution in [0.1, 0.15) is 29.4 Å². The number of carbonyl (C=O) groups is 1. The van der Waals surface area contributed by atoms with Gasteiger partial charge in [-0.2, -0.15) is 0 Å². The normalized spacial score (nSPS) is 9.86. The van der Waals surface area contributed by atoms with E-state index in [1.807, 2.05) is 11.4 Å². The van der Waals surface area contributed by atoms with Crippen molar-refractivity contribution in [1.82, 2.24) is 0 Å². The summed E-state index contributed by atoms with van der Waals surface area (Å²) in [7, 11) is 1.40. The topological polar surface area (TPSA) is 38.3 Å². The molecule has 1 heterocycles. The predicted octanol–water partition coefficient (Wildman–Crippen LogP) is 2.75. The summed E-state index contributed by atoms with van der Waals surface area (Å²) >= 11 is 1.40. The monoisotopic (exact) mass is 213 g/mol. The molecule has 4 heteroatoms. The van der Waals surface area contributed by atoms with Gasteiger partial charge in [-0.25, -0.2) is 4.79 Å². The first-order valence-corrected chi connectivity index (χ1v) is 5.57. The summed E-state index contributed by atoms with van der Waals surface area (Å²) < 4.78 is 4.67. The lowest BCUT2D eigenvalue weighted by molar-refractivity contribution is 0.0607. The quantitative estimate of drug-likeness (QED) is 0.603. The van der Waals surface area contributed by atoms with Crippen molar-refractivity contribution in [3.8, 4) is 0 Å². The lowest BCUT2D eigenvalue weighted by atomic mass is 10.3. The van der Waals surface area contributed by atoms with Gasteiger partial charge in [0.05, 0.1) is 12.8 Å². The van der Waals surface area contributed by atoms with Gasteiger partial charge in [-0.1, -0.05) is 13.3 Å². The molecule has 1 aromatic heterocycles. The van der Waals surface area contributed by atoms with Crippen LogP contribution in [0.15, 0.2) is 11.4 Å². The number of carbonyl (C=O) groups excluding carboxylic acids is 1. The minimum Gasteiger partial charge on any atom is -0.465 e. The maximum absolute atomic E-state index is 11.3. The molecule has 0 saturated heterocycles. The summed E-state index contributed by atoms with van der Waals surface area (Å²) in [6, 6.07) is 1.91. The number of hydrogen-bond donors (Lipinski definition) is 1. The van der Waals surface area contributed by atoms with Crippen LogP contribution in [0.2, 0.25) is 0 Å². The zero-order chi connectivity index (χ0) is 10.4. The van der Waals surface area contributed by atoms with Crippen molar-refractivity contribution in [2.45, 2.75) is 19.8 Å². The largest absolute Gasteiger partial charge is 0.465 e. The van der Waals surface area contributed by atoms with Crippen LogP contribution in [0.5, 0.6) is 0 Å². The average molecular weight is 213 g/mol. The van der Waals surface area contributed by atoms with Crippen molar-refractivity contribution in [2.24, 2.45) is 0 Å². The third kappa shape index (κ3) is 2.73. The van der Waals surface area contributed by atoms with Crippen LogP contribution in [0.25, 0.3) is 0 Å². The van der Waals surface area contributed by atoms with Gasteiger partial charge in [0.25, 0.3) is 0 Å². The van der Waals surface area contributed by atoms with Gasteiger partial charge in [-0.15, -0.1) is 11.3 Å². The summed E-state index contributed by atoms with van der Waals surface area (Å²) in [5.74, 6) is -0.265. The number of unbranched alkanes of at least 4 members (excludes halogenated alkanes) is 1. The van der Waals surface area contributed by atoms with E-state index in [1.54, 1.807) is 0 Å². The van der Waals surface area contributed by atoms with Gasteiger partial charge >= 0.3 is 5.97 Å². The predicted molar refractivity (Wildman–Crippen MR) is 59.1 cm³/mol. The molecule has 0 aromatic carbocycles. The van der Waals surface area contributed by atoms with Crippen molar-refractivity contribution in [3.63, 3.8) is 0 Å². The van der Waals surface area contributed by atoms with Gasteiger partial charge in [0, 0.05) is 6.54 Å². The molecule has 0 radical (unpaired) electrons. The number of methoxy groups -OCH3 is 1. The number of thiophene rings is 1. The molecule has 3 nitrogen and oxygen atoms in total. The number of ether oxygens (including phenoxy) is 1. The van der Waals surface area contributed by atoms with E-state index >= 15 is 0 Å². The fourth-order valence-electron chi connectivity index (χ4n) is 1.10. The van der Waals surface area contributed by atoms with E-state index in [0.29, 0.717) is 4.88 Å². The molecule has 0 aliphatic carbocycles. The molecule has 0 bridgehead atoms. The lowest BCUT2D eigenvalue weighted by Crippen LogP contribution is -2.06. The zero-order valence-electron chi connectivity index (χ0n) is 8.50. The van der Waals surface area contributed by atoms with E-state index in [0.717, 1.165) is 25.1 Å². The number of esters is 1. The number of hydrogen-bond acceptors (Lipinski definition) is 4. The van der Waals surface area contributed by atoms with Crippen molar-refractivity contribution in [1.29, 1.82) is 0 Å². The van der Waals surface area contributed by atoms with Crippen LogP contribution in [0.4, 0.5) is 5.69 Å². The van der Waals surface area contributed by atoms with Crippen molar-refractivity contribution in [3.05, 3.63) is 16.3 Å². The second kappa shape index (κ2) is 5.65. The first kappa shape index (κ1) is 11.0. The van der Waals surface area contributed by atoms with Crippen molar-refractivity contribution < 1.29 is 9.53 Å². The molecule has 1 rings (SSSR count). The molecule has 0 unspecified atom stereocenters. The number of nitrogens with one attached hydrogen (secondary N) is 1. The van der Waals surface area contributed by atoms with Gasteiger partial charge in [-0.3, -0.25) is 0 Å². The van der Waals surface area contributed by atoms with Crippen molar-refractivity contribution >= 4 is 23.0 Å². The highest BCUT2D eigenvalue weighted by molar-refractivity contribution is 7.12. The Morgan fingerprint density at radius 1 is 1.64 bits per heavy atom. The zero-order valence-corrected chi connectivity index (χ0v) is 9.32. The molecule has 0 spiro atoms. The van der Waals surface area contributed by atoms with Gasteiger partial charge in [0.1, 0.15) is 4.88 Å². The van der Waals surface area contributed by atoms with Gasteiger partial charge in [0.2, 0.25) is 0 Å². The Morgan fingerprint density at radius 2 is 2.43 bits per heavy atom. The molecule has 0 saturated carbocycles. The Labute approximate surface area is 88.1 Å². The van der Waals surface area contributed by atoms with Crippen LogP contribution in [-0.4, -0.2) is 19.6 Å². The lowest BCUT2D eigenvalue weighted by Gasteiger charge is -2.04. The van der Waals surface area contributed by atoms with Crippen LogP contribution < -0.4 is 5.32 Å². The molecule has 0 aliphatic rings. The van der Waals surface area contributed by atoms with E-state index in [4.69, 9.17) is 0 Å². The standard InChI is InChI=1S/C10H15NO2S/c1-3-4-6-11-8-5-7-14-9(8)10(12)13-2/h5,7,11H,3-4,6H2,1-2H3. The molecule has 0 fully saturated rings. The number of rotatable bonds is 5. The highest BCUT2D eigenvalue weighted by Gasteiger charge is 2.12. The average Bonchev–Trinajstić information content (AvgIpc) is 2.65. The number of anilines is 1. The highest BCUT2D eigenvalue weighted by atomic mass is 32.1. The molecule has 0 atom stereocenters. The third-order valence-corrected chi connectivity index (χ3v) is 2.78. The van der Waals surface area contributed by atoms with Gasteiger partial charge in [-0.05, 0) is 17.9 Å². The summed E-state index contributed by atoms with van der Waals surface area (Å²) in [5, 5.41) is 5.11. The Kier molecular flexibility index (Phi) is 4.46. The highest BCUT2D eigenvalue weighted by Crippen LogP contribution is 2.22. The second-order valence-electron chi connectivity index (χ2n) is 2.94. The van der Waals surface area contributed by atoms with Crippen LogP contribution in [-0.2, 0) is 4.74 Å². The fraction of sp³-hybridized carbons (Fsp3) is 0.500. The van der Waals surface area contributed by atoms with E-state index in [1.165, 1.54) is 18.4 Å². The SMILES string of the molecule is CCCCNc1ccsc1C(=O)OC. The Balaban J connectivity index is 2.58. The molecule has 0 aliphatic heterocycles. The second-order valence-corrected chi connectivity index (χ2v) is 3.85. The molecule has 0 amide bonds. The third-order valence-electron chi connectivity index (χ3n) is 1.88.